The van der Waals surface area contributed by atoms with E-state index in [4.69, 9.17) is 4.74 Å². The molecule has 0 saturated heterocycles. The van der Waals surface area contributed by atoms with Crippen LogP contribution in [-0.4, -0.2) is 5.97 Å². The third-order valence-electron chi connectivity index (χ3n) is 4.18. The number of benzene rings is 3. The Bertz CT molecular complexity index is 1100. The van der Waals surface area contributed by atoms with Gasteiger partial charge < -0.3 is 4.74 Å². The molecule has 0 unspecified atom stereocenters. The van der Waals surface area contributed by atoms with Gasteiger partial charge in [-0.25, -0.2) is 9.18 Å². The van der Waals surface area contributed by atoms with Gasteiger partial charge in [-0.3, -0.25) is 0 Å². The van der Waals surface area contributed by atoms with Crippen molar-refractivity contribution in [2.24, 2.45) is 0 Å². The summed E-state index contributed by atoms with van der Waals surface area (Å²) in [7, 11) is 0. The molecule has 0 saturated carbocycles. The van der Waals surface area contributed by atoms with Crippen LogP contribution in [-0.2, 0) is 4.79 Å². The average molecular weight is 383 g/mol. The molecule has 0 fully saturated rings. The second-order valence-electron chi connectivity index (χ2n) is 6.38. The van der Waals surface area contributed by atoms with Crippen molar-refractivity contribution < 1.29 is 13.9 Å². The highest BCUT2D eigenvalue weighted by Gasteiger charge is 2.07. The predicted octanol–water partition coefficient (Wildman–Crippen LogP) is 5.82. The molecule has 0 N–H and O–H groups in total. The zero-order valence-electron chi connectivity index (χ0n) is 15.8. The van der Waals surface area contributed by atoms with Crippen LogP contribution >= 0.6 is 0 Å². The van der Waals surface area contributed by atoms with Gasteiger partial charge in [0.15, 0.2) is 0 Å². The maximum absolute atomic E-state index is 13.9. The predicted molar refractivity (Wildman–Crippen MR) is 112 cm³/mol. The number of carbonyl (C=O) groups excluding carboxylic acids is 1. The molecule has 0 aliphatic carbocycles. The van der Waals surface area contributed by atoms with Crippen LogP contribution in [0.15, 0.2) is 78.9 Å². The Balaban J connectivity index is 1.68. The lowest BCUT2D eigenvalue weighted by Gasteiger charge is -2.04. The molecule has 3 aromatic rings. The Kier molecular flexibility index (Phi) is 6.34. The van der Waals surface area contributed by atoms with Gasteiger partial charge in [0, 0.05) is 11.6 Å². The Morgan fingerprint density at radius 1 is 0.966 bits per heavy atom. The fraction of sp³-hybridized carbons (Fsp3) is 0.0400. The summed E-state index contributed by atoms with van der Waals surface area (Å²) < 4.78 is 19.2. The van der Waals surface area contributed by atoms with Crippen LogP contribution in [0.25, 0.3) is 17.7 Å². The molecule has 0 spiro atoms. The zero-order valence-corrected chi connectivity index (χ0v) is 15.8. The van der Waals surface area contributed by atoms with Crippen molar-refractivity contribution in [1.82, 2.24) is 0 Å². The smallest absolute Gasteiger partial charge is 0.336 e. The van der Waals surface area contributed by atoms with Crippen LogP contribution in [0.3, 0.4) is 0 Å². The summed E-state index contributed by atoms with van der Waals surface area (Å²) in [6.45, 7) is 2.00. The molecule has 4 heteroatoms. The van der Waals surface area contributed by atoms with Gasteiger partial charge in [0.1, 0.15) is 11.6 Å². The summed E-state index contributed by atoms with van der Waals surface area (Å²) in [4.78, 5) is 12.0. The van der Waals surface area contributed by atoms with Gasteiger partial charge in [0.05, 0.1) is 11.6 Å². The van der Waals surface area contributed by atoms with Gasteiger partial charge in [-0.15, -0.1) is 0 Å². The summed E-state index contributed by atoms with van der Waals surface area (Å²) in [5, 5.41) is 9.35. The highest BCUT2D eigenvalue weighted by atomic mass is 19.1. The minimum atomic E-state index is -0.488. The number of hydrogen-bond donors (Lipinski definition) is 0. The van der Waals surface area contributed by atoms with E-state index in [1.165, 1.54) is 12.1 Å². The van der Waals surface area contributed by atoms with E-state index in [0.717, 1.165) is 11.1 Å². The first kappa shape index (κ1) is 19.8. The fourth-order valence-corrected chi connectivity index (χ4v) is 2.64. The highest BCUT2D eigenvalue weighted by molar-refractivity contribution is 5.90. The van der Waals surface area contributed by atoms with Crippen LogP contribution in [0.2, 0.25) is 0 Å². The van der Waals surface area contributed by atoms with E-state index in [1.54, 1.807) is 54.6 Å². The summed E-state index contributed by atoms with van der Waals surface area (Å²) in [6.07, 6.45) is 4.64. The second-order valence-corrected chi connectivity index (χ2v) is 6.38. The number of aryl methyl sites for hydroxylation is 1. The summed E-state index contributed by atoms with van der Waals surface area (Å²) in [5.41, 5.74) is 3.21. The molecular formula is C25H18FNO2. The summed E-state index contributed by atoms with van der Waals surface area (Å²) in [6, 6.07) is 22.6. The fourth-order valence-electron chi connectivity index (χ4n) is 2.64. The highest BCUT2D eigenvalue weighted by Crippen LogP contribution is 2.22. The van der Waals surface area contributed by atoms with E-state index < -0.39 is 11.8 Å². The van der Waals surface area contributed by atoms with Crippen molar-refractivity contribution in [3.05, 3.63) is 107 Å². The Labute approximate surface area is 169 Å². The summed E-state index contributed by atoms with van der Waals surface area (Å²) >= 11 is 0. The van der Waals surface area contributed by atoms with Crippen LogP contribution in [0.4, 0.5) is 4.39 Å². The minimum absolute atomic E-state index is 0.217. The second kappa shape index (κ2) is 9.29. The third kappa shape index (κ3) is 5.50. The minimum Gasteiger partial charge on any atom is -0.423 e. The molecule has 3 aromatic carbocycles. The molecule has 29 heavy (non-hydrogen) atoms. The van der Waals surface area contributed by atoms with E-state index in [-0.39, 0.29) is 11.1 Å². The monoisotopic (exact) mass is 383 g/mol. The number of allylic oxidation sites excluding steroid dienone is 1. The van der Waals surface area contributed by atoms with Gasteiger partial charge in [-0.1, -0.05) is 60.2 Å². The number of hydrogen-bond acceptors (Lipinski definition) is 3. The van der Waals surface area contributed by atoms with E-state index >= 15 is 0 Å². The molecular weight excluding hydrogens is 365 g/mol. The van der Waals surface area contributed by atoms with Crippen molar-refractivity contribution in [2.75, 3.05) is 0 Å². The van der Waals surface area contributed by atoms with E-state index in [0.29, 0.717) is 11.3 Å². The molecule has 0 bridgehead atoms. The molecule has 0 aliphatic heterocycles. The molecule has 3 nitrogen and oxygen atoms in total. The van der Waals surface area contributed by atoms with Gasteiger partial charge in [0.25, 0.3) is 0 Å². The largest absolute Gasteiger partial charge is 0.423 e. The first-order chi connectivity index (χ1) is 14.0. The van der Waals surface area contributed by atoms with Gasteiger partial charge in [0.2, 0.25) is 0 Å². The Morgan fingerprint density at radius 2 is 1.62 bits per heavy atom. The maximum atomic E-state index is 13.9. The van der Waals surface area contributed by atoms with Crippen LogP contribution < -0.4 is 4.74 Å². The molecule has 142 valence electrons. The van der Waals surface area contributed by atoms with E-state index in [2.05, 4.69) is 0 Å². The number of rotatable bonds is 5. The lowest BCUT2D eigenvalue weighted by Crippen LogP contribution is -2.03. The maximum Gasteiger partial charge on any atom is 0.336 e. The van der Waals surface area contributed by atoms with Crippen molar-refractivity contribution >= 4 is 23.7 Å². The SMILES string of the molecule is Cc1ccc(/C=C/C(=O)Oc2ccc(/C=C(/C#N)c3ccccc3F)cc2)cc1. The average Bonchev–Trinajstić information content (AvgIpc) is 2.73. The zero-order chi connectivity index (χ0) is 20.6. The van der Waals surface area contributed by atoms with Crippen molar-refractivity contribution in [3.8, 4) is 11.8 Å². The van der Waals surface area contributed by atoms with Crippen LogP contribution in [0.5, 0.6) is 5.75 Å². The van der Waals surface area contributed by atoms with E-state index in [1.807, 2.05) is 37.3 Å². The molecule has 0 atom stereocenters. The molecule has 0 aliphatic rings. The van der Waals surface area contributed by atoms with Gasteiger partial charge in [-0.2, -0.15) is 5.26 Å². The number of carbonyl (C=O) groups is 1. The lowest BCUT2D eigenvalue weighted by atomic mass is 10.0. The van der Waals surface area contributed by atoms with E-state index in [9.17, 15) is 14.4 Å². The molecule has 0 radical (unpaired) electrons. The van der Waals surface area contributed by atoms with Crippen molar-refractivity contribution in [3.63, 3.8) is 0 Å². The van der Waals surface area contributed by atoms with Crippen molar-refractivity contribution in [1.29, 1.82) is 5.26 Å². The molecule has 0 heterocycles. The molecule has 3 rings (SSSR count). The normalized spacial score (nSPS) is 11.3. The number of nitriles is 1. The Hall–Kier alpha value is -3.97. The van der Waals surface area contributed by atoms with Crippen LogP contribution in [0, 0.1) is 24.1 Å². The van der Waals surface area contributed by atoms with Crippen molar-refractivity contribution in [2.45, 2.75) is 6.92 Å². The topological polar surface area (TPSA) is 50.1 Å². The summed E-state index contributed by atoms with van der Waals surface area (Å²) in [5.74, 6) is -0.561. The quantitative estimate of drug-likeness (QED) is 0.183. The number of nitrogens with zero attached hydrogens (tertiary/aromatic N) is 1. The third-order valence-corrected chi connectivity index (χ3v) is 4.18. The number of ether oxygens (including phenoxy) is 1. The standard InChI is InChI=1S/C25H18FNO2/c1-18-6-8-19(9-7-18)12-15-25(28)29-22-13-10-20(11-14-22)16-21(17-27)23-4-2-3-5-24(23)26/h2-16H,1H3/b15-12+,21-16-. The Morgan fingerprint density at radius 3 is 2.28 bits per heavy atom. The number of esters is 1. The first-order valence-electron chi connectivity index (χ1n) is 8.98. The first-order valence-corrected chi connectivity index (χ1v) is 8.98. The van der Waals surface area contributed by atoms with Crippen LogP contribution in [0.1, 0.15) is 22.3 Å². The van der Waals surface area contributed by atoms with Gasteiger partial charge >= 0.3 is 5.97 Å². The lowest BCUT2D eigenvalue weighted by molar-refractivity contribution is -0.128. The molecule has 0 amide bonds. The van der Waals surface area contributed by atoms with Gasteiger partial charge in [-0.05, 0) is 48.4 Å². The molecule has 0 aromatic heterocycles. The number of halogens is 1.